The molecule has 248 valence electrons. The first kappa shape index (κ1) is 31.0. The molecule has 0 radical (unpaired) electrons. The average Bonchev–Trinajstić information content (AvgIpc) is 3.63. The number of rotatable bonds is 6. The molecule has 0 N–H and O–H groups in total. The summed E-state index contributed by atoms with van der Waals surface area (Å²) in [6.45, 7) is 11.3. The minimum Gasteiger partial charge on any atom is -0.461 e. The molecular weight excluding hydrogens is 584 g/mol. The highest BCUT2D eigenvalue weighted by Gasteiger charge is 2.47. The molecule has 2 unspecified atom stereocenters. The van der Waals surface area contributed by atoms with E-state index < -0.39 is 5.60 Å². The quantitative estimate of drug-likeness (QED) is 0.444. The second-order valence-corrected chi connectivity index (χ2v) is 14.7. The predicted molar refractivity (Wildman–Crippen MR) is 173 cm³/mol. The zero-order valence-electron chi connectivity index (χ0n) is 27.6. The number of anilines is 1. The van der Waals surface area contributed by atoms with Crippen LogP contribution in [0, 0.1) is 0 Å². The van der Waals surface area contributed by atoms with Crippen LogP contribution in [0.4, 0.5) is 15.4 Å². The van der Waals surface area contributed by atoms with Crippen LogP contribution < -0.4 is 9.64 Å². The Kier molecular flexibility index (Phi) is 8.46. The number of piperazine rings is 1. The van der Waals surface area contributed by atoms with Crippen molar-refractivity contribution in [3.8, 4) is 6.01 Å². The fraction of sp³-hybridized carbons (Fsp3) is 0.657. The summed E-state index contributed by atoms with van der Waals surface area (Å²) >= 11 is 0. The van der Waals surface area contributed by atoms with Crippen LogP contribution in [-0.2, 0) is 28.9 Å². The predicted octanol–water partition coefficient (Wildman–Crippen LogP) is 4.81. The SMILES string of the molecule is CC(C)(C)OC(=O)N1C2CCC1CN(c1nc(OCC34CCCN3CCC4)nc3c1CCN(C(=O)OCc1ccccc1)CC3)C2. The first-order chi connectivity index (χ1) is 22.2. The Bertz CT molecular complexity index is 1410. The van der Waals surface area contributed by atoms with Crippen molar-refractivity contribution < 1.29 is 23.8 Å². The first-order valence-corrected chi connectivity index (χ1v) is 17.2. The molecule has 7 rings (SSSR count). The van der Waals surface area contributed by atoms with Crippen molar-refractivity contribution in [3.05, 3.63) is 47.2 Å². The van der Waals surface area contributed by atoms with Crippen LogP contribution in [0.5, 0.6) is 6.01 Å². The molecule has 4 fully saturated rings. The van der Waals surface area contributed by atoms with E-state index in [9.17, 15) is 9.59 Å². The van der Waals surface area contributed by atoms with E-state index in [2.05, 4.69) is 9.80 Å². The highest BCUT2D eigenvalue weighted by atomic mass is 16.6. The van der Waals surface area contributed by atoms with Crippen LogP contribution in [0.1, 0.15) is 76.1 Å². The summed E-state index contributed by atoms with van der Waals surface area (Å²) in [6.07, 6.45) is 7.30. The largest absolute Gasteiger partial charge is 0.461 e. The molecule has 2 aromatic rings. The molecule has 11 nitrogen and oxygen atoms in total. The normalized spacial score (nSPS) is 23.9. The zero-order valence-corrected chi connectivity index (χ0v) is 27.6. The summed E-state index contributed by atoms with van der Waals surface area (Å²) in [5.74, 6) is 0.882. The van der Waals surface area contributed by atoms with Crippen molar-refractivity contribution in [3.63, 3.8) is 0 Å². The maximum Gasteiger partial charge on any atom is 0.410 e. The lowest BCUT2D eigenvalue weighted by Gasteiger charge is -2.42. The lowest BCUT2D eigenvalue weighted by molar-refractivity contribution is 0.0122. The van der Waals surface area contributed by atoms with E-state index in [0.717, 1.165) is 61.4 Å². The van der Waals surface area contributed by atoms with Crippen molar-refractivity contribution in [2.75, 3.05) is 50.8 Å². The van der Waals surface area contributed by atoms with Gasteiger partial charge in [-0.2, -0.15) is 9.97 Å². The standard InChI is InChI=1S/C35H48N6O5/c1-34(2,3)46-33(43)41-26-11-12-27(41)22-39(21-26)30-28-13-19-38(32(42)44-23-25-9-5-4-6-10-25)20-14-29(28)36-31(37-30)45-24-35-15-7-17-40(35)18-8-16-35/h4-6,9-10,26-27H,7-8,11-24H2,1-3H3. The van der Waals surface area contributed by atoms with E-state index in [1.54, 1.807) is 4.90 Å². The van der Waals surface area contributed by atoms with E-state index in [-0.39, 0.29) is 36.4 Å². The summed E-state index contributed by atoms with van der Waals surface area (Å²) in [5, 5.41) is 0. The van der Waals surface area contributed by atoms with Crippen LogP contribution in [0.3, 0.4) is 0 Å². The minimum absolute atomic E-state index is 0.0586. The highest BCUT2D eigenvalue weighted by Crippen LogP contribution is 2.40. The molecule has 2 bridgehead atoms. The van der Waals surface area contributed by atoms with Crippen molar-refractivity contribution in [2.45, 2.75) is 102 Å². The lowest BCUT2D eigenvalue weighted by Crippen LogP contribution is -2.57. The van der Waals surface area contributed by atoms with Gasteiger partial charge in [0.2, 0.25) is 0 Å². The Morgan fingerprint density at radius 2 is 1.61 bits per heavy atom. The summed E-state index contributed by atoms with van der Waals surface area (Å²) < 4.78 is 18.0. The van der Waals surface area contributed by atoms with E-state index in [1.165, 1.54) is 12.8 Å². The number of hydrogen-bond donors (Lipinski definition) is 0. The smallest absolute Gasteiger partial charge is 0.410 e. The van der Waals surface area contributed by atoms with Gasteiger partial charge in [0.15, 0.2) is 0 Å². The molecule has 0 spiro atoms. The fourth-order valence-electron chi connectivity index (χ4n) is 8.23. The Morgan fingerprint density at radius 1 is 0.913 bits per heavy atom. The summed E-state index contributed by atoms with van der Waals surface area (Å²) in [6, 6.07) is 10.3. The number of amides is 2. The van der Waals surface area contributed by atoms with Gasteiger partial charge < -0.3 is 24.0 Å². The third-order valence-corrected chi connectivity index (χ3v) is 10.4. The molecule has 5 aliphatic heterocycles. The van der Waals surface area contributed by atoms with E-state index in [1.807, 2.05) is 56.0 Å². The van der Waals surface area contributed by atoms with Gasteiger partial charge in [-0.1, -0.05) is 30.3 Å². The summed E-state index contributed by atoms with van der Waals surface area (Å²) in [4.78, 5) is 45.1. The monoisotopic (exact) mass is 632 g/mol. The van der Waals surface area contributed by atoms with Crippen LogP contribution in [0.2, 0.25) is 0 Å². The van der Waals surface area contributed by atoms with Gasteiger partial charge in [-0.05, 0) is 84.4 Å². The molecule has 0 aliphatic carbocycles. The van der Waals surface area contributed by atoms with Crippen molar-refractivity contribution in [1.29, 1.82) is 0 Å². The molecule has 2 amide bonds. The van der Waals surface area contributed by atoms with Gasteiger partial charge in [0, 0.05) is 38.2 Å². The summed E-state index contributed by atoms with van der Waals surface area (Å²) in [7, 11) is 0. The topological polar surface area (TPSA) is 101 Å². The highest BCUT2D eigenvalue weighted by molar-refractivity contribution is 5.71. The molecule has 4 saturated heterocycles. The minimum atomic E-state index is -0.536. The van der Waals surface area contributed by atoms with Crippen molar-refractivity contribution in [2.24, 2.45) is 0 Å². The molecule has 1 aromatic heterocycles. The lowest BCUT2D eigenvalue weighted by atomic mass is 9.95. The number of benzene rings is 1. The second kappa shape index (κ2) is 12.5. The Balaban J connectivity index is 1.11. The molecule has 5 aliphatic rings. The number of fused-ring (bicyclic) bond motifs is 4. The van der Waals surface area contributed by atoms with Gasteiger partial charge in [0.05, 0.1) is 23.3 Å². The van der Waals surface area contributed by atoms with E-state index >= 15 is 0 Å². The number of hydrogen-bond acceptors (Lipinski definition) is 9. The molecule has 11 heteroatoms. The van der Waals surface area contributed by atoms with Crippen LogP contribution >= 0.6 is 0 Å². The van der Waals surface area contributed by atoms with E-state index in [4.69, 9.17) is 24.2 Å². The van der Waals surface area contributed by atoms with Crippen LogP contribution in [0.15, 0.2) is 30.3 Å². The number of carbonyl (C=O) groups is 2. The zero-order chi connectivity index (χ0) is 31.9. The molecule has 46 heavy (non-hydrogen) atoms. The van der Waals surface area contributed by atoms with Gasteiger partial charge in [-0.25, -0.2) is 9.59 Å². The Labute approximate surface area is 272 Å². The van der Waals surface area contributed by atoms with Gasteiger partial charge in [-0.3, -0.25) is 9.80 Å². The maximum atomic E-state index is 13.2. The van der Waals surface area contributed by atoms with Gasteiger partial charge in [-0.15, -0.1) is 0 Å². The van der Waals surface area contributed by atoms with Gasteiger partial charge in [0.1, 0.15) is 24.6 Å². The molecule has 1 aromatic carbocycles. The van der Waals surface area contributed by atoms with E-state index in [0.29, 0.717) is 51.6 Å². The third-order valence-electron chi connectivity index (χ3n) is 10.4. The molecular formula is C35H48N6O5. The van der Waals surface area contributed by atoms with Crippen LogP contribution in [-0.4, -0.2) is 106 Å². The van der Waals surface area contributed by atoms with Crippen LogP contribution in [0.25, 0.3) is 0 Å². The maximum absolute atomic E-state index is 13.2. The Morgan fingerprint density at radius 3 is 2.30 bits per heavy atom. The number of nitrogens with zero attached hydrogens (tertiary/aromatic N) is 6. The molecule has 0 saturated carbocycles. The van der Waals surface area contributed by atoms with Crippen molar-refractivity contribution in [1.82, 2.24) is 24.7 Å². The summed E-state index contributed by atoms with van der Waals surface area (Å²) in [5.41, 5.74) is 2.52. The number of carbonyl (C=O) groups excluding carboxylic acids is 2. The van der Waals surface area contributed by atoms with Gasteiger partial charge in [0.25, 0.3) is 0 Å². The second-order valence-electron chi connectivity index (χ2n) is 14.7. The number of ether oxygens (including phenoxy) is 3. The Hall–Kier alpha value is -3.60. The fourth-order valence-corrected chi connectivity index (χ4v) is 8.23. The average molecular weight is 633 g/mol. The van der Waals surface area contributed by atoms with Crippen molar-refractivity contribution >= 4 is 18.0 Å². The molecule has 2 atom stereocenters. The third kappa shape index (κ3) is 6.35. The first-order valence-electron chi connectivity index (χ1n) is 17.2. The molecule has 6 heterocycles. The van der Waals surface area contributed by atoms with Gasteiger partial charge >= 0.3 is 18.2 Å². The number of aromatic nitrogens is 2.